The van der Waals surface area contributed by atoms with Crippen molar-refractivity contribution in [3.63, 3.8) is 0 Å². The maximum Gasteiger partial charge on any atom is 0.257 e. The maximum absolute atomic E-state index is 12.7. The summed E-state index contributed by atoms with van der Waals surface area (Å²) in [5, 5.41) is 3.08. The molecule has 1 N–H and O–H groups in total. The van der Waals surface area contributed by atoms with Crippen LogP contribution in [0, 0.1) is 6.92 Å². The van der Waals surface area contributed by atoms with Gasteiger partial charge < -0.3 is 23.8 Å². The fourth-order valence-electron chi connectivity index (χ4n) is 4.20. The molecule has 1 aliphatic heterocycles. The summed E-state index contributed by atoms with van der Waals surface area (Å²) >= 11 is 0. The predicted octanol–water partition coefficient (Wildman–Crippen LogP) is 3.85. The number of nitrogens with zero attached hydrogens (tertiary/aromatic N) is 3. The van der Waals surface area contributed by atoms with Crippen LogP contribution in [0.3, 0.4) is 0 Å². The largest absolute Gasteiger partial charge is 0.487 e. The van der Waals surface area contributed by atoms with Gasteiger partial charge >= 0.3 is 0 Å². The van der Waals surface area contributed by atoms with E-state index in [4.69, 9.17) is 9.15 Å². The maximum atomic E-state index is 12.7. The van der Waals surface area contributed by atoms with E-state index in [0.717, 1.165) is 29.7 Å². The molecule has 8 heteroatoms. The average Bonchev–Trinajstić information content (AvgIpc) is 3.54. The van der Waals surface area contributed by atoms with Crippen LogP contribution in [0.4, 0.5) is 0 Å². The number of piperidine rings is 1. The van der Waals surface area contributed by atoms with Crippen molar-refractivity contribution in [2.24, 2.45) is 0 Å². The number of aromatic nitrogens is 2. The van der Waals surface area contributed by atoms with Gasteiger partial charge in [-0.05, 0) is 61.7 Å². The number of amides is 2. The third kappa shape index (κ3) is 4.66. The number of hydrogen-bond donors (Lipinski definition) is 1. The lowest BCUT2D eigenvalue weighted by Gasteiger charge is -2.32. The summed E-state index contributed by atoms with van der Waals surface area (Å²) in [6.07, 6.45) is 8.31. The Morgan fingerprint density at radius 1 is 1.12 bits per heavy atom. The second-order valence-electron chi connectivity index (χ2n) is 8.52. The standard InChI is InChI=1S/C26H26N4O4/c1-18-3-2-11-30-15-22(27-24(18)30)17-34-23-6-4-19(5-7-23)25(31)28-21-8-12-29(13-9-21)26(32)20-10-14-33-16-20/h2-7,10-11,14-16,21H,8-9,12-13,17H2,1H3,(H,28,31). The minimum atomic E-state index is -0.123. The van der Waals surface area contributed by atoms with E-state index in [1.165, 1.54) is 12.5 Å². The Hall–Kier alpha value is -4.07. The number of nitrogens with one attached hydrogen (secondary N) is 1. The summed E-state index contributed by atoms with van der Waals surface area (Å²) in [4.78, 5) is 31.5. The number of carbonyl (C=O) groups is 2. The Kier molecular flexibility index (Phi) is 6.03. The number of ether oxygens (including phenoxy) is 1. The Morgan fingerprint density at radius 2 is 1.91 bits per heavy atom. The molecule has 174 valence electrons. The molecule has 0 aliphatic carbocycles. The van der Waals surface area contributed by atoms with E-state index in [2.05, 4.69) is 10.3 Å². The van der Waals surface area contributed by atoms with Gasteiger partial charge in [-0.3, -0.25) is 9.59 Å². The van der Waals surface area contributed by atoms with Crippen LogP contribution < -0.4 is 10.1 Å². The first-order valence-electron chi connectivity index (χ1n) is 11.4. The Balaban J connectivity index is 1.11. The number of hydrogen-bond acceptors (Lipinski definition) is 5. The van der Waals surface area contributed by atoms with Gasteiger partial charge in [-0.2, -0.15) is 0 Å². The lowest BCUT2D eigenvalue weighted by molar-refractivity contribution is 0.0697. The first-order valence-corrected chi connectivity index (χ1v) is 11.4. The number of carbonyl (C=O) groups excluding carboxylic acids is 2. The van der Waals surface area contributed by atoms with Crippen LogP contribution in [0.15, 0.2) is 71.8 Å². The van der Waals surface area contributed by atoms with Crippen molar-refractivity contribution in [3.05, 3.63) is 89.8 Å². The zero-order valence-corrected chi connectivity index (χ0v) is 18.9. The van der Waals surface area contributed by atoms with Gasteiger partial charge in [0.1, 0.15) is 24.3 Å². The smallest absolute Gasteiger partial charge is 0.257 e. The van der Waals surface area contributed by atoms with Crippen LogP contribution in [-0.4, -0.2) is 45.2 Å². The van der Waals surface area contributed by atoms with Crippen molar-refractivity contribution in [1.82, 2.24) is 19.6 Å². The molecule has 1 aromatic carbocycles. The molecule has 0 bridgehead atoms. The monoisotopic (exact) mass is 458 g/mol. The number of pyridine rings is 1. The molecule has 2 amide bonds. The quantitative estimate of drug-likeness (QED) is 0.474. The highest BCUT2D eigenvalue weighted by molar-refractivity contribution is 5.95. The first kappa shape index (κ1) is 21.8. The van der Waals surface area contributed by atoms with Gasteiger partial charge in [0.25, 0.3) is 11.8 Å². The van der Waals surface area contributed by atoms with E-state index in [1.807, 2.05) is 35.9 Å². The molecule has 4 aromatic rings. The zero-order valence-electron chi connectivity index (χ0n) is 18.9. The molecule has 1 fully saturated rings. The van der Waals surface area contributed by atoms with E-state index in [1.54, 1.807) is 35.2 Å². The Bertz CT molecular complexity index is 1290. The van der Waals surface area contributed by atoms with Crippen molar-refractivity contribution < 1.29 is 18.7 Å². The number of furan rings is 1. The molecule has 0 spiro atoms. The van der Waals surface area contributed by atoms with Gasteiger partial charge in [-0.1, -0.05) is 6.07 Å². The Labute approximate surface area is 197 Å². The zero-order chi connectivity index (χ0) is 23.5. The van der Waals surface area contributed by atoms with Crippen molar-refractivity contribution in [3.8, 4) is 5.75 Å². The number of benzene rings is 1. The molecule has 8 nitrogen and oxygen atoms in total. The van der Waals surface area contributed by atoms with Crippen molar-refractivity contribution in [2.45, 2.75) is 32.4 Å². The van der Waals surface area contributed by atoms with Crippen LogP contribution in [0.2, 0.25) is 0 Å². The number of aryl methyl sites for hydroxylation is 1. The lowest BCUT2D eigenvalue weighted by Crippen LogP contribution is -2.46. The predicted molar refractivity (Wildman–Crippen MR) is 126 cm³/mol. The normalized spacial score (nSPS) is 14.3. The van der Waals surface area contributed by atoms with Crippen LogP contribution in [0.25, 0.3) is 5.65 Å². The number of rotatable bonds is 6. The minimum absolute atomic E-state index is 0.0344. The van der Waals surface area contributed by atoms with E-state index >= 15 is 0 Å². The highest BCUT2D eigenvalue weighted by Crippen LogP contribution is 2.18. The van der Waals surface area contributed by atoms with Crippen LogP contribution >= 0.6 is 0 Å². The van der Waals surface area contributed by atoms with Gasteiger partial charge in [0.15, 0.2) is 0 Å². The summed E-state index contributed by atoms with van der Waals surface area (Å²) in [7, 11) is 0. The molecular weight excluding hydrogens is 432 g/mol. The highest BCUT2D eigenvalue weighted by Gasteiger charge is 2.25. The third-order valence-corrected chi connectivity index (χ3v) is 6.12. The van der Waals surface area contributed by atoms with Crippen LogP contribution in [0.1, 0.15) is 44.8 Å². The van der Waals surface area contributed by atoms with E-state index in [-0.39, 0.29) is 17.9 Å². The fraction of sp³-hybridized carbons (Fsp3) is 0.269. The topological polar surface area (TPSA) is 89.1 Å². The van der Waals surface area contributed by atoms with Crippen LogP contribution in [0.5, 0.6) is 5.75 Å². The van der Waals surface area contributed by atoms with Gasteiger partial charge in [0.05, 0.1) is 17.5 Å². The molecule has 4 heterocycles. The molecular formula is C26H26N4O4. The molecule has 0 unspecified atom stereocenters. The number of likely N-dealkylation sites (tertiary alicyclic amines) is 1. The summed E-state index contributed by atoms with van der Waals surface area (Å²) in [6, 6.07) is 12.8. The van der Waals surface area contributed by atoms with Gasteiger partial charge in [-0.15, -0.1) is 0 Å². The first-order chi connectivity index (χ1) is 16.6. The Morgan fingerprint density at radius 3 is 2.62 bits per heavy atom. The molecule has 0 saturated carbocycles. The summed E-state index contributed by atoms with van der Waals surface area (Å²) in [5.41, 5.74) is 4.01. The van der Waals surface area contributed by atoms with Crippen molar-refractivity contribution in [2.75, 3.05) is 13.1 Å². The van der Waals surface area contributed by atoms with Gasteiger partial charge in [0.2, 0.25) is 0 Å². The fourth-order valence-corrected chi connectivity index (χ4v) is 4.20. The molecule has 0 atom stereocenters. The molecule has 1 aliphatic rings. The van der Waals surface area contributed by atoms with E-state index in [0.29, 0.717) is 36.6 Å². The third-order valence-electron chi connectivity index (χ3n) is 6.12. The van der Waals surface area contributed by atoms with Crippen LogP contribution in [-0.2, 0) is 6.61 Å². The molecule has 0 radical (unpaired) electrons. The molecule has 3 aromatic heterocycles. The SMILES string of the molecule is Cc1cccn2cc(COc3ccc(C(=O)NC4CCN(C(=O)c5ccoc5)CC4)cc3)nc12. The van der Waals surface area contributed by atoms with Gasteiger partial charge in [0, 0.05) is 37.1 Å². The number of imidazole rings is 1. The van der Waals surface area contributed by atoms with E-state index < -0.39 is 0 Å². The second-order valence-corrected chi connectivity index (χ2v) is 8.52. The second kappa shape index (κ2) is 9.43. The van der Waals surface area contributed by atoms with Crippen molar-refractivity contribution >= 4 is 17.5 Å². The lowest BCUT2D eigenvalue weighted by atomic mass is 10.0. The molecule has 5 rings (SSSR count). The van der Waals surface area contributed by atoms with Crippen molar-refractivity contribution in [1.29, 1.82) is 0 Å². The number of fused-ring (bicyclic) bond motifs is 1. The van der Waals surface area contributed by atoms with Gasteiger partial charge in [-0.25, -0.2) is 4.98 Å². The van der Waals surface area contributed by atoms with E-state index in [9.17, 15) is 9.59 Å². The molecule has 34 heavy (non-hydrogen) atoms. The summed E-state index contributed by atoms with van der Waals surface area (Å²) in [6.45, 7) is 3.58. The highest BCUT2D eigenvalue weighted by atomic mass is 16.5. The average molecular weight is 459 g/mol. The summed E-state index contributed by atoms with van der Waals surface area (Å²) < 4.78 is 12.8. The summed E-state index contributed by atoms with van der Waals surface area (Å²) in [5.74, 6) is 0.520. The minimum Gasteiger partial charge on any atom is -0.487 e. The molecule has 1 saturated heterocycles.